The van der Waals surface area contributed by atoms with Crippen LogP contribution in [0, 0.1) is 5.41 Å². The average molecular weight is 310 g/mol. The van der Waals surface area contributed by atoms with E-state index < -0.39 is 5.79 Å². The summed E-state index contributed by atoms with van der Waals surface area (Å²) in [7, 11) is 0. The monoisotopic (exact) mass is 310 g/mol. The van der Waals surface area contributed by atoms with Crippen molar-refractivity contribution in [2.45, 2.75) is 38.9 Å². The maximum Gasteiger partial charge on any atom is 0.176 e. The van der Waals surface area contributed by atoms with Gasteiger partial charge in [0.2, 0.25) is 0 Å². The van der Waals surface area contributed by atoms with Crippen LogP contribution >= 0.6 is 0 Å². The van der Waals surface area contributed by atoms with Gasteiger partial charge in [-0.15, -0.1) is 0 Å². The standard InChI is InChI=1S/C21H26O2/c1-3-20(2)16-22-21(23-17-20,14-18-10-6-4-7-11-18)15-19-12-8-5-9-13-19/h4-13H,3,14-17H2,1-2H3. The molecule has 1 aliphatic rings. The molecule has 23 heavy (non-hydrogen) atoms. The van der Waals surface area contributed by atoms with Crippen molar-refractivity contribution in [2.75, 3.05) is 13.2 Å². The fourth-order valence-electron chi connectivity index (χ4n) is 2.98. The molecule has 2 aromatic carbocycles. The molecule has 0 bridgehead atoms. The van der Waals surface area contributed by atoms with E-state index in [1.807, 2.05) is 12.1 Å². The summed E-state index contributed by atoms with van der Waals surface area (Å²) in [5, 5.41) is 0. The Kier molecular flexibility index (Phi) is 4.84. The van der Waals surface area contributed by atoms with E-state index in [0.717, 1.165) is 32.5 Å². The van der Waals surface area contributed by atoms with E-state index in [1.54, 1.807) is 0 Å². The van der Waals surface area contributed by atoms with Crippen molar-refractivity contribution in [3.8, 4) is 0 Å². The highest BCUT2D eigenvalue weighted by molar-refractivity contribution is 5.20. The minimum absolute atomic E-state index is 0.122. The number of hydrogen-bond donors (Lipinski definition) is 0. The Balaban J connectivity index is 1.82. The summed E-state index contributed by atoms with van der Waals surface area (Å²) in [5.74, 6) is -0.558. The van der Waals surface area contributed by atoms with Gasteiger partial charge in [0.05, 0.1) is 13.2 Å². The summed E-state index contributed by atoms with van der Waals surface area (Å²) < 4.78 is 12.7. The zero-order valence-corrected chi connectivity index (χ0v) is 14.1. The highest BCUT2D eigenvalue weighted by Crippen LogP contribution is 2.36. The summed E-state index contributed by atoms with van der Waals surface area (Å²) in [5.41, 5.74) is 2.63. The van der Waals surface area contributed by atoms with Crippen LogP contribution in [0.2, 0.25) is 0 Å². The molecule has 1 fully saturated rings. The van der Waals surface area contributed by atoms with E-state index >= 15 is 0 Å². The number of benzene rings is 2. The fourth-order valence-corrected chi connectivity index (χ4v) is 2.98. The largest absolute Gasteiger partial charge is 0.349 e. The Hall–Kier alpha value is -1.64. The van der Waals surface area contributed by atoms with Crippen LogP contribution in [0.4, 0.5) is 0 Å². The minimum Gasteiger partial charge on any atom is -0.349 e. The molecule has 1 heterocycles. The van der Waals surface area contributed by atoms with Crippen LogP contribution in [-0.4, -0.2) is 19.0 Å². The van der Waals surface area contributed by atoms with Crippen LogP contribution in [0.25, 0.3) is 0 Å². The highest BCUT2D eigenvalue weighted by Gasteiger charge is 2.41. The van der Waals surface area contributed by atoms with E-state index in [-0.39, 0.29) is 5.41 Å². The molecule has 122 valence electrons. The number of ether oxygens (including phenoxy) is 2. The first-order valence-electron chi connectivity index (χ1n) is 8.49. The van der Waals surface area contributed by atoms with Crippen molar-refractivity contribution in [3.05, 3.63) is 71.8 Å². The van der Waals surface area contributed by atoms with Crippen molar-refractivity contribution in [2.24, 2.45) is 5.41 Å². The Labute approximate surface area is 139 Å². The number of rotatable bonds is 5. The second kappa shape index (κ2) is 6.86. The van der Waals surface area contributed by atoms with Crippen LogP contribution < -0.4 is 0 Å². The Bertz CT molecular complexity index is 555. The smallest absolute Gasteiger partial charge is 0.176 e. The molecule has 2 aromatic rings. The van der Waals surface area contributed by atoms with Crippen molar-refractivity contribution in [3.63, 3.8) is 0 Å². The van der Waals surface area contributed by atoms with Crippen molar-refractivity contribution < 1.29 is 9.47 Å². The average Bonchev–Trinajstić information content (AvgIpc) is 2.60. The molecule has 2 nitrogen and oxygen atoms in total. The molecule has 0 unspecified atom stereocenters. The fraction of sp³-hybridized carbons (Fsp3) is 0.429. The molecular formula is C21H26O2. The third-order valence-corrected chi connectivity index (χ3v) is 4.85. The maximum absolute atomic E-state index is 6.36. The van der Waals surface area contributed by atoms with Gasteiger partial charge in [-0.3, -0.25) is 0 Å². The summed E-state index contributed by atoms with van der Waals surface area (Å²) in [6, 6.07) is 21.0. The third kappa shape index (κ3) is 4.01. The summed E-state index contributed by atoms with van der Waals surface area (Å²) >= 11 is 0. The lowest BCUT2D eigenvalue weighted by molar-refractivity contribution is -0.300. The zero-order chi connectivity index (χ0) is 16.2. The number of hydrogen-bond acceptors (Lipinski definition) is 2. The predicted molar refractivity (Wildman–Crippen MR) is 93.3 cm³/mol. The molecule has 0 radical (unpaired) electrons. The van der Waals surface area contributed by atoms with Gasteiger partial charge in [0.15, 0.2) is 5.79 Å². The van der Waals surface area contributed by atoms with Gasteiger partial charge >= 0.3 is 0 Å². The molecule has 0 aliphatic carbocycles. The third-order valence-electron chi connectivity index (χ3n) is 4.85. The van der Waals surface area contributed by atoms with Gasteiger partial charge in [-0.1, -0.05) is 74.5 Å². The summed E-state index contributed by atoms with van der Waals surface area (Å²) in [6.45, 7) is 5.95. The molecule has 3 rings (SSSR count). The van der Waals surface area contributed by atoms with Crippen LogP contribution in [0.1, 0.15) is 31.4 Å². The first kappa shape index (κ1) is 16.2. The Morgan fingerprint density at radius 1 is 0.783 bits per heavy atom. The van der Waals surface area contributed by atoms with E-state index in [0.29, 0.717) is 0 Å². The quantitative estimate of drug-likeness (QED) is 0.801. The van der Waals surface area contributed by atoms with E-state index in [4.69, 9.17) is 9.47 Å². The normalized spacial score (nSPS) is 19.4. The van der Waals surface area contributed by atoms with Crippen LogP contribution in [-0.2, 0) is 22.3 Å². The lowest BCUT2D eigenvalue weighted by Gasteiger charge is -2.45. The predicted octanol–water partition coefficient (Wildman–Crippen LogP) is 4.63. The molecule has 1 aliphatic heterocycles. The van der Waals surface area contributed by atoms with Gasteiger partial charge in [-0.05, 0) is 17.5 Å². The van der Waals surface area contributed by atoms with E-state index in [9.17, 15) is 0 Å². The van der Waals surface area contributed by atoms with Crippen molar-refractivity contribution >= 4 is 0 Å². The first-order chi connectivity index (χ1) is 11.1. The minimum atomic E-state index is -0.558. The molecule has 0 N–H and O–H groups in total. The molecule has 2 heteroatoms. The van der Waals surface area contributed by atoms with Gasteiger partial charge in [0.1, 0.15) is 0 Å². The lowest BCUT2D eigenvalue weighted by atomic mass is 9.87. The molecule has 0 saturated carbocycles. The van der Waals surface area contributed by atoms with Crippen molar-refractivity contribution in [1.82, 2.24) is 0 Å². The van der Waals surface area contributed by atoms with Crippen LogP contribution in [0.15, 0.2) is 60.7 Å². The molecule has 0 aromatic heterocycles. The van der Waals surface area contributed by atoms with Gasteiger partial charge in [0, 0.05) is 18.3 Å². The maximum atomic E-state index is 6.36. The summed E-state index contributed by atoms with van der Waals surface area (Å²) in [6.07, 6.45) is 2.63. The van der Waals surface area contributed by atoms with Crippen molar-refractivity contribution in [1.29, 1.82) is 0 Å². The molecule has 0 amide bonds. The SMILES string of the molecule is CCC1(C)COC(Cc2ccccc2)(Cc2ccccc2)OC1. The second-order valence-corrected chi connectivity index (χ2v) is 6.98. The van der Waals surface area contributed by atoms with Crippen LogP contribution in [0.5, 0.6) is 0 Å². The second-order valence-electron chi connectivity index (χ2n) is 6.98. The molecule has 0 atom stereocenters. The Morgan fingerprint density at radius 3 is 1.61 bits per heavy atom. The summed E-state index contributed by atoms with van der Waals surface area (Å²) in [4.78, 5) is 0. The van der Waals surface area contributed by atoms with Gasteiger partial charge < -0.3 is 9.47 Å². The molecular weight excluding hydrogens is 284 g/mol. The van der Waals surface area contributed by atoms with E-state index in [2.05, 4.69) is 62.4 Å². The van der Waals surface area contributed by atoms with Gasteiger partial charge in [0.25, 0.3) is 0 Å². The zero-order valence-electron chi connectivity index (χ0n) is 14.1. The Morgan fingerprint density at radius 2 is 1.22 bits per heavy atom. The topological polar surface area (TPSA) is 18.5 Å². The first-order valence-corrected chi connectivity index (χ1v) is 8.49. The van der Waals surface area contributed by atoms with E-state index in [1.165, 1.54) is 11.1 Å². The molecule has 0 spiro atoms. The lowest BCUT2D eigenvalue weighted by Crippen LogP contribution is -2.51. The van der Waals surface area contributed by atoms with Gasteiger partial charge in [-0.25, -0.2) is 0 Å². The molecule has 1 saturated heterocycles. The highest BCUT2D eigenvalue weighted by atomic mass is 16.7. The van der Waals surface area contributed by atoms with Crippen LogP contribution in [0.3, 0.4) is 0 Å². The van der Waals surface area contributed by atoms with Gasteiger partial charge in [-0.2, -0.15) is 0 Å².